The maximum absolute atomic E-state index is 2.27. The fourth-order valence-corrected chi connectivity index (χ4v) is 29.9. The fourth-order valence-electron chi connectivity index (χ4n) is 29.9. The number of hydrogen-bond acceptors (Lipinski definition) is 0. The normalized spacial score (nSPS) is 75.9. The van der Waals surface area contributed by atoms with E-state index >= 15 is 0 Å². The van der Waals surface area contributed by atoms with Crippen LogP contribution in [0.3, 0.4) is 0 Å². The highest BCUT2D eigenvalue weighted by atomic mass is 14.8. The van der Waals surface area contributed by atoms with E-state index in [0.29, 0.717) is 0 Å². The SMILES string of the molecule is C1CC2C(C1)C1C2CC2C3CC(C4=C3CC3C5CC(C43)C3C4C(C6CC7CC6C6C7CC7C8CC(C9=C8C8C(C9)C9CC8C8C%10CCC(C%10)C98)C76)CCC4C53)C21. The summed E-state index contributed by atoms with van der Waals surface area (Å²) in [6.45, 7) is 0. The van der Waals surface area contributed by atoms with Crippen LogP contribution in [0, 0.1) is 201 Å². The van der Waals surface area contributed by atoms with Crippen LogP contribution in [0.15, 0.2) is 22.3 Å². The van der Waals surface area contributed by atoms with Gasteiger partial charge in [-0.25, -0.2) is 0 Å². The predicted octanol–water partition coefficient (Wildman–Crippen LogP) is 11.8. The maximum Gasteiger partial charge on any atom is -0.0132 e. The van der Waals surface area contributed by atoms with Crippen molar-refractivity contribution >= 4 is 0 Å². The van der Waals surface area contributed by atoms with E-state index in [1.165, 1.54) is 154 Å². The third-order valence-electron chi connectivity index (χ3n) is 29.3. The molecule has 294 valence electrons. The van der Waals surface area contributed by atoms with Crippen molar-refractivity contribution in [2.24, 2.45) is 201 Å². The maximum atomic E-state index is 2.27. The largest absolute Gasteiger partial charge is 0.0667 e. The van der Waals surface area contributed by atoms with E-state index in [0.717, 1.165) is 47.3 Å². The van der Waals surface area contributed by atoms with Gasteiger partial charge in [0.15, 0.2) is 0 Å². The van der Waals surface area contributed by atoms with Gasteiger partial charge < -0.3 is 0 Å². The zero-order chi connectivity index (χ0) is 34.7. The number of fused-ring (bicyclic) bond motifs is 50. The van der Waals surface area contributed by atoms with Crippen LogP contribution in [-0.4, -0.2) is 0 Å². The van der Waals surface area contributed by atoms with Crippen LogP contribution in [-0.2, 0) is 0 Å². The van der Waals surface area contributed by atoms with Crippen molar-refractivity contribution in [1.82, 2.24) is 0 Å². The highest BCUT2D eigenvalue weighted by Crippen LogP contribution is 2.85. The van der Waals surface area contributed by atoms with Gasteiger partial charge in [0, 0.05) is 0 Å². The van der Waals surface area contributed by atoms with Crippen molar-refractivity contribution in [2.75, 3.05) is 0 Å². The van der Waals surface area contributed by atoms with Gasteiger partial charge in [-0.3, -0.25) is 0 Å². The molecule has 20 rings (SSSR count). The molecule has 0 spiro atoms. The van der Waals surface area contributed by atoms with Crippen molar-refractivity contribution < 1.29 is 0 Å². The van der Waals surface area contributed by atoms with Gasteiger partial charge >= 0.3 is 0 Å². The van der Waals surface area contributed by atoms with Crippen molar-refractivity contribution in [1.29, 1.82) is 0 Å². The van der Waals surface area contributed by atoms with Gasteiger partial charge in [0.05, 0.1) is 0 Å². The Morgan fingerprint density at radius 2 is 0.804 bits per heavy atom. The lowest BCUT2D eigenvalue weighted by Gasteiger charge is -2.58. The van der Waals surface area contributed by atoms with Crippen LogP contribution in [0.1, 0.15) is 116 Å². The van der Waals surface area contributed by atoms with Crippen molar-refractivity contribution in [3.8, 4) is 0 Å². The predicted molar refractivity (Wildman–Crippen MR) is 216 cm³/mol. The third kappa shape index (κ3) is 2.75. The minimum absolute atomic E-state index is 1.10. The molecule has 0 radical (unpaired) electrons. The summed E-state index contributed by atoms with van der Waals surface area (Å²) in [5, 5.41) is 0. The fraction of sp³-hybridized carbons (Fsp3) is 0.929. The average molecular weight is 743 g/mol. The Labute approximate surface area is 337 Å². The molecule has 12 bridgehead atoms. The van der Waals surface area contributed by atoms with Gasteiger partial charge in [-0.15, -0.1) is 0 Å². The smallest absolute Gasteiger partial charge is 0.0132 e. The summed E-state index contributed by atoms with van der Waals surface area (Å²) < 4.78 is 0. The van der Waals surface area contributed by atoms with Crippen molar-refractivity contribution in [3.05, 3.63) is 22.3 Å². The molecule has 0 aromatic heterocycles. The van der Waals surface area contributed by atoms with Gasteiger partial charge in [0.1, 0.15) is 0 Å². The van der Waals surface area contributed by atoms with Gasteiger partial charge in [0.25, 0.3) is 0 Å². The molecule has 0 N–H and O–H groups in total. The Morgan fingerprint density at radius 1 is 0.250 bits per heavy atom. The van der Waals surface area contributed by atoms with Gasteiger partial charge in [-0.05, 0) is 310 Å². The minimum atomic E-state index is 1.10. The summed E-state index contributed by atoms with van der Waals surface area (Å²) in [5.41, 5.74) is 8.95. The van der Waals surface area contributed by atoms with E-state index in [-0.39, 0.29) is 0 Å². The van der Waals surface area contributed by atoms with Crippen LogP contribution in [0.2, 0.25) is 0 Å². The molecule has 56 heavy (non-hydrogen) atoms. The molecule has 0 amide bonds. The molecule has 20 aliphatic rings. The molecule has 20 aliphatic carbocycles. The molecule has 34 atom stereocenters. The second-order valence-electron chi connectivity index (χ2n) is 28.2. The van der Waals surface area contributed by atoms with Gasteiger partial charge in [-0.1, -0.05) is 28.7 Å². The van der Waals surface area contributed by atoms with Gasteiger partial charge in [0.2, 0.25) is 0 Å². The number of hydrogen-bond donors (Lipinski definition) is 0. The lowest BCUT2D eigenvalue weighted by atomic mass is 9.46. The van der Waals surface area contributed by atoms with Crippen LogP contribution in [0.5, 0.6) is 0 Å². The number of rotatable bonds is 1. The van der Waals surface area contributed by atoms with Crippen molar-refractivity contribution in [3.63, 3.8) is 0 Å². The lowest BCUT2D eigenvalue weighted by molar-refractivity contribution is -0.104. The monoisotopic (exact) mass is 743 g/mol. The summed E-state index contributed by atoms with van der Waals surface area (Å²) in [6, 6.07) is 0. The molecule has 16 fully saturated rings. The Morgan fingerprint density at radius 3 is 1.70 bits per heavy atom. The Bertz CT molecular complexity index is 2010. The van der Waals surface area contributed by atoms with Crippen molar-refractivity contribution in [2.45, 2.75) is 116 Å². The van der Waals surface area contributed by atoms with Crippen LogP contribution < -0.4 is 0 Å². The topological polar surface area (TPSA) is 0 Å². The summed E-state index contributed by atoms with van der Waals surface area (Å²) in [7, 11) is 0. The average Bonchev–Trinajstić information content (AvgIpc) is 3.98. The second kappa shape index (κ2) is 9.01. The molecule has 0 heterocycles. The van der Waals surface area contributed by atoms with Crippen LogP contribution in [0.4, 0.5) is 0 Å². The van der Waals surface area contributed by atoms with E-state index < -0.39 is 0 Å². The quantitative estimate of drug-likeness (QED) is 0.185. The molecular formula is C56H70. The molecule has 16 saturated carbocycles. The first-order valence-corrected chi connectivity index (χ1v) is 27.2. The second-order valence-corrected chi connectivity index (χ2v) is 28.2. The molecule has 0 aromatic carbocycles. The van der Waals surface area contributed by atoms with Crippen LogP contribution >= 0.6 is 0 Å². The number of allylic oxidation sites excluding steroid dienone is 4. The Kier molecular flexibility index (Phi) is 4.78. The Hall–Kier alpha value is -0.520. The first-order chi connectivity index (χ1) is 27.8. The molecule has 0 aliphatic heterocycles. The molecular weight excluding hydrogens is 673 g/mol. The van der Waals surface area contributed by atoms with E-state index in [9.17, 15) is 0 Å². The third-order valence-corrected chi connectivity index (χ3v) is 29.3. The molecule has 0 heteroatoms. The molecule has 34 unspecified atom stereocenters. The molecule has 0 aromatic rings. The zero-order valence-electron chi connectivity index (χ0n) is 34.4. The summed E-state index contributed by atoms with van der Waals surface area (Å²) in [4.78, 5) is 0. The van der Waals surface area contributed by atoms with E-state index in [4.69, 9.17) is 0 Å². The summed E-state index contributed by atoms with van der Waals surface area (Å²) >= 11 is 0. The molecule has 0 saturated heterocycles. The first kappa shape index (κ1) is 29.7. The zero-order valence-corrected chi connectivity index (χ0v) is 34.4. The highest BCUT2D eigenvalue weighted by molar-refractivity contribution is 5.46. The van der Waals surface area contributed by atoms with E-state index in [2.05, 4.69) is 22.3 Å². The Balaban J connectivity index is 0.596. The standard InChI is InChI=1S/C56H70/c1-2-22-23(3-1)47-30(22)13-31-28-12-42(52(31)47)53-32(28)14-39-40-18-43(55(39)53)56-46-24(6-7-25(46)48(40)56)27-9-21-10-29(27)49-26(21)11-34-36-16-37(50(34)49)38-15-35-33-17-41(54(35)51(36)38)45-20-5-4-19(8-20)44(33)45/h19-31,33-37,39-50,52,54-56H,1-18H2. The van der Waals surface area contributed by atoms with Crippen LogP contribution in [0.25, 0.3) is 0 Å². The van der Waals surface area contributed by atoms with E-state index in [1.807, 2.05) is 0 Å². The summed E-state index contributed by atoms with van der Waals surface area (Å²) in [6.07, 6.45) is 30.1. The first-order valence-electron chi connectivity index (χ1n) is 27.2. The highest BCUT2D eigenvalue weighted by Gasteiger charge is 2.78. The lowest BCUT2D eigenvalue weighted by Crippen LogP contribution is -2.54. The molecule has 0 nitrogen and oxygen atoms in total. The minimum Gasteiger partial charge on any atom is -0.0667 e. The van der Waals surface area contributed by atoms with E-state index in [1.54, 1.807) is 116 Å². The van der Waals surface area contributed by atoms with Gasteiger partial charge in [-0.2, -0.15) is 0 Å². The summed E-state index contributed by atoms with van der Waals surface area (Å²) in [5.74, 6) is 39.9.